The molecule has 0 bridgehead atoms. The lowest BCUT2D eigenvalue weighted by atomic mass is 10.3. The third-order valence-electron chi connectivity index (χ3n) is 2.68. The van der Waals surface area contributed by atoms with E-state index in [0.29, 0.717) is 0 Å². The first-order valence-corrected chi connectivity index (χ1v) is 7.51. The van der Waals surface area contributed by atoms with Gasteiger partial charge in [-0.2, -0.15) is 17.2 Å². The lowest BCUT2D eigenvalue weighted by Crippen LogP contribution is -2.45. The molecule has 0 aromatic heterocycles. The van der Waals surface area contributed by atoms with Crippen LogP contribution in [0, 0.1) is 0 Å². The fraction of sp³-hybridized carbons (Fsp3) is 0.250. The fourth-order valence-corrected chi connectivity index (χ4v) is 2.24. The van der Waals surface area contributed by atoms with Crippen LogP contribution in [0.15, 0.2) is 30.3 Å². The topological polar surface area (TPSA) is 107 Å². The summed E-state index contributed by atoms with van der Waals surface area (Å²) in [6, 6.07) is 6.55. The number of rotatable bonds is 5. The van der Waals surface area contributed by atoms with Gasteiger partial charge in [-0.15, -0.1) is 9.35 Å². The molecule has 1 aromatic carbocycles. The van der Waals surface area contributed by atoms with E-state index in [2.05, 4.69) is 9.02 Å². The smallest absolute Gasteiger partial charge is 0.421 e. The second-order valence-electron chi connectivity index (χ2n) is 4.33. The highest BCUT2D eigenvalue weighted by Gasteiger charge is 2.58. The van der Waals surface area contributed by atoms with Gasteiger partial charge in [0.1, 0.15) is 5.75 Å². The molecule has 23 heavy (non-hydrogen) atoms. The van der Waals surface area contributed by atoms with Gasteiger partial charge in [-0.3, -0.25) is 9.59 Å². The number of hydrogen-bond acceptors (Lipinski definition) is 7. The molecular weight excluding hydrogens is 340 g/mol. The molecule has 0 atom stereocenters. The molecule has 1 aromatic rings. The van der Waals surface area contributed by atoms with Crippen LogP contribution in [0.2, 0.25) is 0 Å². The number of nitrogens with zero attached hydrogens (tertiary/aromatic N) is 1. The highest BCUT2D eigenvalue weighted by Crippen LogP contribution is 2.28. The SMILES string of the molecule is O=C1CCC(=O)N1OS(=O)(=O)C(F)(F)C(=O)Oc1ccccc1. The summed E-state index contributed by atoms with van der Waals surface area (Å²) in [6.45, 7) is 0. The van der Waals surface area contributed by atoms with Crippen LogP contribution >= 0.6 is 0 Å². The van der Waals surface area contributed by atoms with E-state index in [1.807, 2.05) is 0 Å². The van der Waals surface area contributed by atoms with E-state index in [0.717, 1.165) is 12.1 Å². The number of imide groups is 1. The number of amides is 2. The van der Waals surface area contributed by atoms with E-state index < -0.39 is 33.2 Å². The molecule has 2 rings (SSSR count). The van der Waals surface area contributed by atoms with Crippen molar-refractivity contribution in [2.45, 2.75) is 18.1 Å². The van der Waals surface area contributed by atoms with Gasteiger partial charge in [-0.05, 0) is 12.1 Å². The molecule has 1 aliphatic heterocycles. The molecule has 0 aliphatic carbocycles. The van der Waals surface area contributed by atoms with Crippen LogP contribution in [0.1, 0.15) is 12.8 Å². The fourth-order valence-electron chi connectivity index (χ4n) is 1.54. The van der Waals surface area contributed by atoms with Crippen molar-refractivity contribution in [1.29, 1.82) is 0 Å². The maximum absolute atomic E-state index is 13.8. The molecule has 1 saturated heterocycles. The highest BCUT2D eigenvalue weighted by molar-refractivity contribution is 7.88. The van der Waals surface area contributed by atoms with Gasteiger partial charge >= 0.3 is 21.3 Å². The minimum atomic E-state index is -5.95. The van der Waals surface area contributed by atoms with Gasteiger partial charge < -0.3 is 4.74 Å². The molecule has 1 fully saturated rings. The lowest BCUT2D eigenvalue weighted by molar-refractivity contribution is -0.167. The first-order chi connectivity index (χ1) is 10.6. The zero-order valence-electron chi connectivity index (χ0n) is 11.3. The van der Waals surface area contributed by atoms with Gasteiger partial charge in [0.25, 0.3) is 11.8 Å². The second-order valence-corrected chi connectivity index (χ2v) is 5.90. The number of halogens is 2. The Labute approximate surface area is 128 Å². The predicted octanol–water partition coefficient (Wildman–Crippen LogP) is 0.595. The maximum atomic E-state index is 13.8. The summed E-state index contributed by atoms with van der Waals surface area (Å²) in [4.78, 5) is 33.8. The average Bonchev–Trinajstić information content (AvgIpc) is 2.79. The van der Waals surface area contributed by atoms with E-state index in [1.165, 1.54) is 18.2 Å². The number of carbonyl (C=O) groups is 3. The zero-order valence-corrected chi connectivity index (χ0v) is 12.1. The third kappa shape index (κ3) is 3.35. The van der Waals surface area contributed by atoms with Crippen LogP contribution in [0.3, 0.4) is 0 Å². The van der Waals surface area contributed by atoms with Crippen LogP contribution < -0.4 is 4.74 Å². The molecule has 124 valence electrons. The summed E-state index contributed by atoms with van der Waals surface area (Å²) >= 11 is 0. The number of ether oxygens (including phenoxy) is 1. The Morgan fingerprint density at radius 2 is 1.61 bits per heavy atom. The number of benzene rings is 1. The average molecular weight is 349 g/mol. The Bertz CT molecular complexity index is 732. The van der Waals surface area contributed by atoms with E-state index in [4.69, 9.17) is 0 Å². The molecule has 0 unspecified atom stereocenters. The van der Waals surface area contributed by atoms with Crippen molar-refractivity contribution in [3.8, 4) is 5.75 Å². The normalized spacial score (nSPS) is 15.8. The summed E-state index contributed by atoms with van der Waals surface area (Å²) in [5.74, 6) is -4.96. The van der Waals surface area contributed by atoms with Crippen molar-refractivity contribution >= 4 is 27.9 Å². The molecule has 0 radical (unpaired) electrons. The van der Waals surface area contributed by atoms with E-state index in [1.54, 1.807) is 0 Å². The monoisotopic (exact) mass is 349 g/mol. The number of alkyl halides is 2. The van der Waals surface area contributed by atoms with Gasteiger partial charge in [-0.1, -0.05) is 18.2 Å². The Balaban J connectivity index is 2.18. The van der Waals surface area contributed by atoms with Gasteiger partial charge in [0.15, 0.2) is 0 Å². The number of hydrogen-bond donors (Lipinski definition) is 0. The maximum Gasteiger partial charge on any atom is 0.468 e. The van der Waals surface area contributed by atoms with E-state index in [-0.39, 0.29) is 23.7 Å². The van der Waals surface area contributed by atoms with Crippen molar-refractivity contribution in [3.63, 3.8) is 0 Å². The summed E-state index contributed by atoms with van der Waals surface area (Å²) in [7, 11) is -5.95. The van der Waals surface area contributed by atoms with Gasteiger partial charge in [0, 0.05) is 12.8 Å². The van der Waals surface area contributed by atoms with Crippen molar-refractivity contribution < 1.29 is 40.6 Å². The van der Waals surface area contributed by atoms with Crippen molar-refractivity contribution in [3.05, 3.63) is 30.3 Å². The summed E-state index contributed by atoms with van der Waals surface area (Å²) in [6.07, 6.45) is -0.761. The van der Waals surface area contributed by atoms with Crippen molar-refractivity contribution in [1.82, 2.24) is 5.06 Å². The minimum Gasteiger partial charge on any atom is -0.421 e. The zero-order chi connectivity index (χ0) is 17.3. The van der Waals surface area contributed by atoms with Gasteiger partial charge in [-0.25, -0.2) is 4.79 Å². The minimum absolute atomic E-state index is 0.307. The van der Waals surface area contributed by atoms with Gasteiger partial charge in [0.05, 0.1) is 0 Å². The Hall–Kier alpha value is -2.40. The number of esters is 1. The molecule has 11 heteroatoms. The Morgan fingerprint density at radius 1 is 1.09 bits per heavy atom. The van der Waals surface area contributed by atoms with Crippen molar-refractivity contribution in [2.75, 3.05) is 0 Å². The molecule has 0 spiro atoms. The number of hydroxylamine groups is 2. The molecule has 0 N–H and O–H groups in total. The van der Waals surface area contributed by atoms with E-state index in [9.17, 15) is 31.6 Å². The summed E-state index contributed by atoms with van der Waals surface area (Å²) in [5, 5.41) is -5.43. The largest absolute Gasteiger partial charge is 0.468 e. The lowest BCUT2D eigenvalue weighted by Gasteiger charge is -2.18. The second kappa shape index (κ2) is 6.01. The summed E-state index contributed by atoms with van der Waals surface area (Å²) < 4.78 is 58.6. The highest BCUT2D eigenvalue weighted by atomic mass is 32.2. The molecule has 0 saturated carbocycles. The Morgan fingerprint density at radius 3 is 2.13 bits per heavy atom. The quantitative estimate of drug-likeness (QED) is 0.435. The van der Waals surface area contributed by atoms with Crippen molar-refractivity contribution in [2.24, 2.45) is 0 Å². The Kier molecular flexibility index (Phi) is 4.43. The first kappa shape index (κ1) is 17.0. The van der Waals surface area contributed by atoms with Crippen LogP contribution in [0.5, 0.6) is 5.75 Å². The molecule has 1 aliphatic rings. The molecule has 1 heterocycles. The van der Waals surface area contributed by atoms with Crippen LogP contribution in [-0.4, -0.2) is 36.5 Å². The van der Waals surface area contributed by atoms with Gasteiger partial charge in [0.2, 0.25) is 0 Å². The molecular formula is C12H9F2NO7S. The summed E-state index contributed by atoms with van der Waals surface area (Å²) in [5.41, 5.74) is 0. The molecule has 2 amide bonds. The third-order valence-corrected chi connectivity index (χ3v) is 3.82. The van der Waals surface area contributed by atoms with Crippen LogP contribution in [0.4, 0.5) is 8.78 Å². The first-order valence-electron chi connectivity index (χ1n) is 6.10. The van der Waals surface area contributed by atoms with Crippen LogP contribution in [-0.2, 0) is 28.8 Å². The molecule has 8 nitrogen and oxygen atoms in total. The number of para-hydroxylation sites is 1. The van der Waals surface area contributed by atoms with E-state index >= 15 is 0 Å². The van der Waals surface area contributed by atoms with Crippen LogP contribution in [0.25, 0.3) is 0 Å². The standard InChI is InChI=1S/C12H9F2NO7S/c13-12(14,11(18)21-8-4-2-1-3-5-8)23(19,20)22-15-9(16)6-7-10(15)17/h1-5H,6-7H2. The predicted molar refractivity (Wildman–Crippen MR) is 68.1 cm³/mol. The number of carbonyl (C=O) groups excluding carboxylic acids is 3.